The number of amides is 1. The zero-order valence-corrected chi connectivity index (χ0v) is 14.9. The van der Waals surface area contributed by atoms with Crippen molar-refractivity contribution in [2.75, 3.05) is 13.7 Å². The molecular formula is C20H21NO5. The molecular weight excluding hydrogens is 334 g/mol. The Bertz CT molecular complexity index is 861. The van der Waals surface area contributed by atoms with Crippen molar-refractivity contribution >= 4 is 11.9 Å². The van der Waals surface area contributed by atoms with E-state index in [1.807, 2.05) is 13.0 Å². The molecule has 0 saturated carbocycles. The van der Waals surface area contributed by atoms with Crippen molar-refractivity contribution in [3.05, 3.63) is 58.7 Å². The van der Waals surface area contributed by atoms with Crippen molar-refractivity contribution in [1.82, 2.24) is 5.32 Å². The lowest BCUT2D eigenvalue weighted by atomic mass is 9.87. The van der Waals surface area contributed by atoms with Gasteiger partial charge in [0, 0.05) is 18.5 Å². The summed E-state index contributed by atoms with van der Waals surface area (Å²) in [5, 5.41) is 12.4. The number of phenols is 1. The van der Waals surface area contributed by atoms with E-state index in [-0.39, 0.29) is 30.3 Å². The second-order valence-corrected chi connectivity index (χ2v) is 6.14. The highest BCUT2D eigenvalue weighted by atomic mass is 16.5. The van der Waals surface area contributed by atoms with Crippen LogP contribution < -0.4 is 10.1 Å². The number of aromatic hydroxyl groups is 1. The van der Waals surface area contributed by atoms with Gasteiger partial charge in [-0.3, -0.25) is 4.79 Å². The number of nitrogens with one attached hydrogen (secondary N) is 1. The fourth-order valence-electron chi connectivity index (χ4n) is 3.33. The highest BCUT2D eigenvalue weighted by Gasteiger charge is 2.36. The van der Waals surface area contributed by atoms with E-state index in [1.54, 1.807) is 31.2 Å². The van der Waals surface area contributed by atoms with E-state index in [0.717, 1.165) is 11.1 Å². The number of phenolic OH excluding ortho intramolecular Hbond substituents is 1. The van der Waals surface area contributed by atoms with E-state index >= 15 is 0 Å². The summed E-state index contributed by atoms with van der Waals surface area (Å²) in [6, 6.07) is 10.1. The summed E-state index contributed by atoms with van der Waals surface area (Å²) in [6.45, 7) is 3.87. The number of carbonyl (C=O) groups is 2. The monoisotopic (exact) mass is 355 g/mol. The minimum atomic E-state index is -0.491. The number of ether oxygens (including phenoxy) is 2. The standard InChI is InChI=1S/C20H21NO5/c1-4-25-20(24)13-9-15-17(12-6-5-7-14(22)8-12)11(2)26-18(15)16(10-13)19(23)21-3/h5-11,17,22H,4H2,1-3H3,(H,21,23)/t11-,17-/m1/s1. The highest BCUT2D eigenvalue weighted by Crippen LogP contribution is 2.45. The molecule has 1 amide bonds. The molecule has 3 rings (SSSR count). The van der Waals surface area contributed by atoms with Gasteiger partial charge in [-0.05, 0) is 43.7 Å². The molecule has 2 N–H and O–H groups in total. The molecule has 0 saturated heterocycles. The molecule has 6 heteroatoms. The Morgan fingerprint density at radius 3 is 2.69 bits per heavy atom. The summed E-state index contributed by atoms with van der Waals surface area (Å²) >= 11 is 0. The molecule has 0 bridgehead atoms. The molecule has 0 fully saturated rings. The van der Waals surface area contributed by atoms with Gasteiger partial charge in [0.2, 0.25) is 0 Å². The van der Waals surface area contributed by atoms with Crippen LogP contribution in [0.4, 0.5) is 0 Å². The van der Waals surface area contributed by atoms with Crippen LogP contribution in [-0.2, 0) is 4.74 Å². The largest absolute Gasteiger partial charge is 0.508 e. The van der Waals surface area contributed by atoms with Crippen LogP contribution in [0.3, 0.4) is 0 Å². The quantitative estimate of drug-likeness (QED) is 0.824. The van der Waals surface area contributed by atoms with Crippen molar-refractivity contribution in [1.29, 1.82) is 0 Å². The molecule has 1 heterocycles. The Morgan fingerprint density at radius 2 is 2.04 bits per heavy atom. The molecule has 0 spiro atoms. The van der Waals surface area contributed by atoms with Gasteiger partial charge in [0.1, 0.15) is 17.6 Å². The van der Waals surface area contributed by atoms with Gasteiger partial charge >= 0.3 is 5.97 Å². The summed E-state index contributed by atoms with van der Waals surface area (Å²) in [7, 11) is 1.52. The summed E-state index contributed by atoms with van der Waals surface area (Å²) < 4.78 is 11.1. The average Bonchev–Trinajstić information content (AvgIpc) is 2.96. The first-order valence-corrected chi connectivity index (χ1v) is 8.49. The Morgan fingerprint density at radius 1 is 1.27 bits per heavy atom. The van der Waals surface area contributed by atoms with Crippen LogP contribution in [-0.4, -0.2) is 36.7 Å². The Kier molecular flexibility index (Phi) is 4.84. The summed E-state index contributed by atoms with van der Waals surface area (Å²) in [5.41, 5.74) is 2.17. The maximum Gasteiger partial charge on any atom is 0.338 e. The predicted molar refractivity (Wildman–Crippen MR) is 95.8 cm³/mol. The van der Waals surface area contributed by atoms with Crippen LogP contribution >= 0.6 is 0 Å². The highest BCUT2D eigenvalue weighted by molar-refractivity contribution is 6.01. The second kappa shape index (κ2) is 7.07. The maximum atomic E-state index is 12.3. The van der Waals surface area contributed by atoms with Gasteiger partial charge in [-0.1, -0.05) is 12.1 Å². The van der Waals surface area contributed by atoms with Crippen molar-refractivity contribution in [3.63, 3.8) is 0 Å². The lowest BCUT2D eigenvalue weighted by molar-refractivity contribution is 0.0526. The number of hydrogen-bond donors (Lipinski definition) is 2. The predicted octanol–water partition coefficient (Wildman–Crippen LogP) is 2.84. The SMILES string of the molecule is CCOC(=O)c1cc(C(=O)NC)c2c(c1)[C@@H](c1cccc(O)c1)[C@@H](C)O2. The van der Waals surface area contributed by atoms with Crippen molar-refractivity contribution in [3.8, 4) is 11.5 Å². The lowest BCUT2D eigenvalue weighted by Crippen LogP contribution is -2.20. The van der Waals surface area contributed by atoms with Crippen molar-refractivity contribution in [2.45, 2.75) is 25.9 Å². The molecule has 2 aromatic rings. The molecule has 0 aliphatic carbocycles. The zero-order chi connectivity index (χ0) is 18.8. The molecule has 2 atom stereocenters. The Labute approximate surface area is 151 Å². The molecule has 0 aromatic heterocycles. The van der Waals surface area contributed by atoms with Crippen molar-refractivity contribution < 1.29 is 24.2 Å². The van der Waals surface area contributed by atoms with E-state index in [2.05, 4.69) is 5.32 Å². The maximum absolute atomic E-state index is 12.3. The van der Waals surface area contributed by atoms with E-state index in [0.29, 0.717) is 16.9 Å². The topological polar surface area (TPSA) is 84.9 Å². The van der Waals surface area contributed by atoms with Crippen molar-refractivity contribution in [2.24, 2.45) is 0 Å². The molecule has 2 aromatic carbocycles. The Hall–Kier alpha value is -3.02. The van der Waals surface area contributed by atoms with Crippen LogP contribution in [0.1, 0.15) is 51.6 Å². The zero-order valence-electron chi connectivity index (χ0n) is 14.9. The fraction of sp³-hybridized carbons (Fsp3) is 0.300. The third-order valence-corrected chi connectivity index (χ3v) is 4.44. The van der Waals surface area contributed by atoms with Gasteiger partial charge in [-0.15, -0.1) is 0 Å². The number of carbonyl (C=O) groups excluding carboxylic acids is 2. The first kappa shape index (κ1) is 17.8. The first-order chi connectivity index (χ1) is 12.5. The molecule has 1 aliphatic rings. The van der Waals surface area contributed by atoms with Gasteiger partial charge in [-0.2, -0.15) is 0 Å². The van der Waals surface area contributed by atoms with Crippen LogP contribution in [0.25, 0.3) is 0 Å². The molecule has 0 unspecified atom stereocenters. The number of hydrogen-bond acceptors (Lipinski definition) is 5. The van der Waals surface area contributed by atoms with Gasteiger partial charge in [-0.25, -0.2) is 4.79 Å². The minimum absolute atomic E-state index is 0.149. The van der Waals surface area contributed by atoms with E-state index < -0.39 is 5.97 Å². The van der Waals surface area contributed by atoms with Gasteiger partial charge in [0.15, 0.2) is 0 Å². The van der Waals surface area contributed by atoms with Crippen LogP contribution in [0.2, 0.25) is 0 Å². The normalized spacial score (nSPS) is 18.0. The molecule has 1 aliphatic heterocycles. The van der Waals surface area contributed by atoms with Crippen LogP contribution in [0, 0.1) is 0 Å². The molecule has 136 valence electrons. The molecule has 6 nitrogen and oxygen atoms in total. The number of benzene rings is 2. The summed E-state index contributed by atoms with van der Waals surface area (Å²) in [4.78, 5) is 24.6. The molecule has 0 radical (unpaired) electrons. The number of rotatable bonds is 4. The van der Waals surface area contributed by atoms with Crippen LogP contribution in [0.5, 0.6) is 11.5 Å². The van der Waals surface area contributed by atoms with Gasteiger partial charge < -0.3 is 19.9 Å². The van der Waals surface area contributed by atoms with E-state index in [4.69, 9.17) is 9.47 Å². The van der Waals surface area contributed by atoms with E-state index in [9.17, 15) is 14.7 Å². The third kappa shape index (κ3) is 3.10. The fourth-order valence-corrected chi connectivity index (χ4v) is 3.33. The smallest absolute Gasteiger partial charge is 0.338 e. The lowest BCUT2D eigenvalue weighted by Gasteiger charge is -2.15. The summed E-state index contributed by atoms with van der Waals surface area (Å²) in [6.07, 6.45) is -0.257. The number of esters is 1. The van der Waals surface area contributed by atoms with E-state index in [1.165, 1.54) is 13.1 Å². The summed E-state index contributed by atoms with van der Waals surface area (Å²) in [5.74, 6) is -0.435. The van der Waals surface area contributed by atoms with Gasteiger partial charge in [0.05, 0.1) is 17.7 Å². The average molecular weight is 355 g/mol. The van der Waals surface area contributed by atoms with Gasteiger partial charge in [0.25, 0.3) is 5.91 Å². The molecule has 26 heavy (non-hydrogen) atoms. The second-order valence-electron chi connectivity index (χ2n) is 6.14. The number of fused-ring (bicyclic) bond motifs is 1. The first-order valence-electron chi connectivity index (χ1n) is 8.49. The third-order valence-electron chi connectivity index (χ3n) is 4.44. The Balaban J connectivity index is 2.17. The minimum Gasteiger partial charge on any atom is -0.508 e. The van der Waals surface area contributed by atoms with Crippen LogP contribution in [0.15, 0.2) is 36.4 Å².